The van der Waals surface area contributed by atoms with Gasteiger partial charge in [-0.05, 0) is 111 Å². The first-order valence-electron chi connectivity index (χ1n) is 16.6. The lowest BCUT2D eigenvalue weighted by atomic mass is 9.86. The summed E-state index contributed by atoms with van der Waals surface area (Å²) in [7, 11) is 0. The lowest BCUT2D eigenvalue weighted by Gasteiger charge is -2.27. The highest BCUT2D eigenvalue weighted by molar-refractivity contribution is 5.90. The first kappa shape index (κ1) is 35.5. The molecule has 0 bridgehead atoms. The first-order valence-corrected chi connectivity index (χ1v) is 16.6. The number of benzene rings is 2. The van der Waals surface area contributed by atoms with Crippen molar-refractivity contribution < 1.29 is 0 Å². The van der Waals surface area contributed by atoms with Crippen LogP contribution in [0.4, 0.5) is 0 Å². The Morgan fingerprint density at radius 1 is 0.625 bits per heavy atom. The summed E-state index contributed by atoms with van der Waals surface area (Å²) in [6, 6.07) is 16.9. The minimum Gasteiger partial charge on any atom is -0.322 e. The number of nitrogens with one attached hydrogen (secondary N) is 2. The first-order chi connectivity index (χ1) is 22.2. The van der Waals surface area contributed by atoms with Crippen molar-refractivity contribution >= 4 is 46.6 Å². The quantitative estimate of drug-likeness (QED) is 0.126. The molecule has 0 radical (unpaired) electrons. The van der Waals surface area contributed by atoms with Crippen LogP contribution in [0.2, 0.25) is 0 Å². The van der Waals surface area contributed by atoms with E-state index < -0.39 is 0 Å². The molecule has 2 aliphatic carbocycles. The summed E-state index contributed by atoms with van der Waals surface area (Å²) in [6.45, 7) is 8.26. The molecule has 0 unspecified atom stereocenters. The maximum absolute atomic E-state index is 6.50. The second-order valence-corrected chi connectivity index (χ2v) is 13.7. The number of pyridine rings is 2. The van der Waals surface area contributed by atoms with Gasteiger partial charge in [0.15, 0.2) is 0 Å². The van der Waals surface area contributed by atoms with Gasteiger partial charge in [-0.2, -0.15) is 10.2 Å². The Morgan fingerprint density at radius 2 is 1.06 bits per heavy atom. The van der Waals surface area contributed by atoms with Gasteiger partial charge in [0.05, 0.1) is 34.8 Å². The highest BCUT2D eigenvalue weighted by Gasteiger charge is 2.31. The normalized spacial score (nSPS) is 14.6. The minimum atomic E-state index is -0.362. The van der Waals surface area contributed by atoms with Gasteiger partial charge in [-0.15, -0.1) is 24.8 Å². The molecule has 4 heterocycles. The van der Waals surface area contributed by atoms with Crippen LogP contribution in [0.5, 0.6) is 0 Å². The van der Waals surface area contributed by atoms with Crippen molar-refractivity contribution in [2.75, 3.05) is 0 Å². The van der Waals surface area contributed by atoms with Crippen LogP contribution in [0.1, 0.15) is 100 Å². The Labute approximate surface area is 294 Å². The molecule has 0 amide bonds. The predicted molar refractivity (Wildman–Crippen MR) is 201 cm³/mol. The van der Waals surface area contributed by atoms with Crippen molar-refractivity contribution in [2.45, 2.75) is 89.1 Å². The van der Waals surface area contributed by atoms with Crippen LogP contribution in [-0.2, 0) is 11.1 Å². The van der Waals surface area contributed by atoms with Crippen molar-refractivity contribution in [3.63, 3.8) is 0 Å². The molecule has 8 rings (SSSR count). The van der Waals surface area contributed by atoms with Gasteiger partial charge in [0, 0.05) is 45.4 Å². The Kier molecular flexibility index (Phi) is 10.3. The van der Waals surface area contributed by atoms with E-state index in [9.17, 15) is 0 Å². The van der Waals surface area contributed by atoms with Crippen LogP contribution in [0.15, 0.2) is 73.3 Å². The summed E-state index contributed by atoms with van der Waals surface area (Å²) < 4.78 is 0. The second-order valence-electron chi connectivity index (χ2n) is 13.7. The molecule has 2 aromatic carbocycles. The number of hydrogen-bond donors (Lipinski definition) is 4. The molecule has 10 heteroatoms. The van der Waals surface area contributed by atoms with Gasteiger partial charge in [-0.25, -0.2) is 0 Å². The molecule has 0 spiro atoms. The summed E-state index contributed by atoms with van der Waals surface area (Å²) in [4.78, 5) is 9.43. The highest BCUT2D eigenvalue weighted by atomic mass is 35.5. The Morgan fingerprint density at radius 3 is 1.42 bits per heavy atom. The number of hydrogen-bond acceptors (Lipinski definition) is 6. The molecule has 2 fully saturated rings. The molecular weight excluding hydrogens is 639 g/mol. The van der Waals surface area contributed by atoms with E-state index in [2.05, 4.69) is 87.8 Å². The molecule has 0 saturated heterocycles. The Balaban J connectivity index is 0.000000181. The summed E-state index contributed by atoms with van der Waals surface area (Å²) >= 11 is 0. The Bertz CT molecular complexity index is 1980. The average molecular weight is 686 g/mol. The summed E-state index contributed by atoms with van der Waals surface area (Å²) in [6.07, 6.45) is 14.6. The smallest absolute Gasteiger partial charge is 0.0705 e. The van der Waals surface area contributed by atoms with Crippen LogP contribution >= 0.6 is 24.8 Å². The maximum atomic E-state index is 6.50. The predicted octanol–water partition coefficient (Wildman–Crippen LogP) is 9.02. The topological polar surface area (TPSA) is 135 Å². The van der Waals surface area contributed by atoms with Crippen LogP contribution in [0.25, 0.3) is 44.3 Å². The molecule has 8 nitrogen and oxygen atoms in total. The van der Waals surface area contributed by atoms with Crippen molar-refractivity contribution in [1.29, 1.82) is 0 Å². The number of rotatable bonds is 8. The third-order valence-corrected chi connectivity index (χ3v) is 9.96. The highest BCUT2D eigenvalue weighted by Crippen LogP contribution is 2.48. The third kappa shape index (κ3) is 6.85. The van der Waals surface area contributed by atoms with Gasteiger partial charge in [-0.1, -0.05) is 38.1 Å². The molecule has 6 N–H and O–H groups in total. The van der Waals surface area contributed by atoms with Gasteiger partial charge in [0.2, 0.25) is 0 Å². The molecule has 2 saturated carbocycles. The Hall–Kier alpha value is -3.82. The van der Waals surface area contributed by atoms with Gasteiger partial charge in [-0.3, -0.25) is 20.2 Å². The van der Waals surface area contributed by atoms with Crippen LogP contribution in [-0.4, -0.2) is 30.4 Å². The molecular formula is C38H46Cl2N8. The molecule has 48 heavy (non-hydrogen) atoms. The number of halogens is 2. The molecule has 2 aliphatic rings. The van der Waals surface area contributed by atoms with Crippen molar-refractivity contribution in [3.05, 3.63) is 95.6 Å². The second kappa shape index (κ2) is 14.0. The summed E-state index contributed by atoms with van der Waals surface area (Å²) in [5.41, 5.74) is 23.7. The zero-order chi connectivity index (χ0) is 32.1. The fraction of sp³-hybridized carbons (Fsp3) is 0.368. The molecule has 0 aliphatic heterocycles. The zero-order valence-electron chi connectivity index (χ0n) is 28.1. The number of nitrogens with zero attached hydrogens (tertiary/aromatic N) is 4. The average Bonchev–Trinajstić information content (AvgIpc) is 4.00. The minimum absolute atomic E-state index is 0. The summed E-state index contributed by atoms with van der Waals surface area (Å²) in [5.74, 6) is 1.28. The summed E-state index contributed by atoms with van der Waals surface area (Å²) in [5, 5.41) is 17.0. The van der Waals surface area contributed by atoms with E-state index in [1.165, 1.54) is 58.7 Å². The number of H-pyrrole nitrogens is 2. The number of fused-ring (bicyclic) bond motifs is 2. The van der Waals surface area contributed by atoms with Crippen molar-refractivity contribution in [2.24, 2.45) is 11.5 Å². The fourth-order valence-electron chi connectivity index (χ4n) is 6.59. The lowest BCUT2D eigenvalue weighted by Crippen LogP contribution is -2.35. The van der Waals surface area contributed by atoms with Gasteiger partial charge >= 0.3 is 0 Å². The van der Waals surface area contributed by atoms with E-state index >= 15 is 0 Å². The van der Waals surface area contributed by atoms with Gasteiger partial charge < -0.3 is 11.5 Å². The third-order valence-electron chi connectivity index (χ3n) is 9.96. The molecule has 6 aromatic rings. The molecule has 4 aromatic heterocycles. The maximum Gasteiger partial charge on any atom is 0.0705 e. The molecule has 0 atom stereocenters. The van der Waals surface area contributed by atoms with Gasteiger partial charge in [0.25, 0.3) is 0 Å². The lowest BCUT2D eigenvalue weighted by molar-refractivity contribution is 0.411. The molecule has 252 valence electrons. The number of nitrogens with two attached hydrogens (primary N) is 2. The fourth-order valence-corrected chi connectivity index (χ4v) is 6.59. The number of aromatic nitrogens is 6. The van der Waals surface area contributed by atoms with Crippen LogP contribution < -0.4 is 11.5 Å². The largest absolute Gasteiger partial charge is 0.322 e. The van der Waals surface area contributed by atoms with Gasteiger partial charge in [0.1, 0.15) is 0 Å². The van der Waals surface area contributed by atoms with E-state index in [-0.39, 0.29) is 35.9 Å². The monoisotopic (exact) mass is 684 g/mol. The van der Waals surface area contributed by atoms with E-state index in [0.29, 0.717) is 11.8 Å². The zero-order valence-corrected chi connectivity index (χ0v) is 29.7. The standard InChI is InChI=1S/C20H24N4.C18H20N4.2ClH/c1-3-20(21,4-2)14-7-9-17(22-11-14)15-8-10-18-16(12-23-24-18)19(15)13-5-6-13;1-18(2,19)12-5-7-15(20-9-12)13-6-8-16-14(10-21-22-16)17(13)11-3-4-11;;/h7-13H,3-6,21H2,1-2H3,(H,23,24);5-11H,3-4,19H2,1-2H3,(H,21,22);2*1H. The van der Waals surface area contributed by atoms with E-state index in [4.69, 9.17) is 16.5 Å². The van der Waals surface area contributed by atoms with Crippen LogP contribution in [0.3, 0.4) is 0 Å². The van der Waals surface area contributed by atoms with Crippen molar-refractivity contribution in [1.82, 2.24) is 30.4 Å². The van der Waals surface area contributed by atoms with E-state index in [1.807, 2.05) is 38.6 Å². The SMILES string of the molecule is CC(C)(N)c1ccc(-c2ccc3[nH]ncc3c2C2CC2)nc1.CCC(N)(CC)c1ccc(-c2ccc3[nH]ncc3c2C2CC2)nc1.Cl.Cl. The van der Waals surface area contributed by atoms with Crippen LogP contribution in [0, 0.1) is 0 Å². The van der Waals surface area contributed by atoms with E-state index in [1.54, 1.807) is 0 Å². The number of aromatic amines is 2. The van der Waals surface area contributed by atoms with Crippen molar-refractivity contribution in [3.8, 4) is 22.5 Å². The van der Waals surface area contributed by atoms with E-state index in [0.717, 1.165) is 46.4 Å².